The maximum absolute atomic E-state index is 12.8. The van der Waals surface area contributed by atoms with E-state index in [-0.39, 0.29) is 13.1 Å². The van der Waals surface area contributed by atoms with Gasteiger partial charge in [0, 0.05) is 20.2 Å². The third-order valence-electron chi connectivity index (χ3n) is 4.20. The van der Waals surface area contributed by atoms with Gasteiger partial charge in [0.2, 0.25) is 6.10 Å². The van der Waals surface area contributed by atoms with E-state index in [0.717, 1.165) is 11.6 Å². The first-order chi connectivity index (χ1) is 13.4. The minimum absolute atomic E-state index is 0.253. The second kappa shape index (κ2) is 10.8. The van der Waals surface area contributed by atoms with Crippen molar-refractivity contribution in [2.45, 2.75) is 37.9 Å². The lowest BCUT2D eigenvalue weighted by molar-refractivity contribution is -0.169. The highest BCUT2D eigenvalue weighted by Crippen LogP contribution is 2.24. The van der Waals surface area contributed by atoms with Crippen LogP contribution in [0.25, 0.3) is 0 Å². The fourth-order valence-electron chi connectivity index (χ4n) is 2.59. The summed E-state index contributed by atoms with van der Waals surface area (Å²) in [6.07, 6.45) is -1.68. The lowest BCUT2D eigenvalue weighted by Gasteiger charge is -2.22. The van der Waals surface area contributed by atoms with E-state index >= 15 is 0 Å². The Balaban J connectivity index is 2.09. The summed E-state index contributed by atoms with van der Waals surface area (Å²) in [5.41, 5.74) is 1.40. The van der Waals surface area contributed by atoms with E-state index in [4.69, 9.17) is 14.2 Å². The molecule has 0 aliphatic heterocycles. The van der Waals surface area contributed by atoms with Gasteiger partial charge in [-0.15, -0.1) is 0 Å². The van der Waals surface area contributed by atoms with Gasteiger partial charge in [-0.25, -0.2) is 4.79 Å². The van der Waals surface area contributed by atoms with E-state index in [1.807, 2.05) is 36.4 Å². The number of hydrogen-bond acceptors (Lipinski definition) is 5. The number of rotatable bonds is 11. The summed E-state index contributed by atoms with van der Waals surface area (Å²) in [6, 6.07) is 19.3. The Morgan fingerprint density at radius 3 is 2.07 bits per heavy atom. The minimum atomic E-state index is -1.20. The molecule has 0 aromatic heterocycles. The molecule has 0 spiro atoms. The lowest BCUT2D eigenvalue weighted by Crippen LogP contribution is -2.25. The Bertz CT molecular complexity index is 728. The molecule has 0 saturated heterocycles. The van der Waals surface area contributed by atoms with Crippen LogP contribution < -0.4 is 0 Å². The van der Waals surface area contributed by atoms with E-state index in [0.29, 0.717) is 12.2 Å². The number of carbonyl (C=O) groups excluding carboxylic acids is 2. The Morgan fingerprint density at radius 2 is 1.54 bits per heavy atom. The van der Waals surface area contributed by atoms with Crippen LogP contribution in [0, 0.1) is 0 Å². The average Bonchev–Trinajstić information content (AvgIpc) is 2.69. The molecular weight excluding hydrogens is 372 g/mol. The quantitative estimate of drug-likeness (QED) is 0.240. The van der Waals surface area contributed by atoms with Crippen LogP contribution in [-0.2, 0) is 23.8 Å². The molecule has 0 saturated carbocycles. The molecule has 150 valence electrons. The van der Waals surface area contributed by atoms with Crippen molar-refractivity contribution >= 4 is 20.5 Å². The van der Waals surface area contributed by atoms with Gasteiger partial charge in [-0.3, -0.25) is 4.79 Å². The van der Waals surface area contributed by atoms with Crippen molar-refractivity contribution in [1.82, 2.24) is 0 Å². The zero-order valence-corrected chi connectivity index (χ0v) is 17.7. The first-order valence-electron chi connectivity index (χ1n) is 9.38. The number of ether oxygens (including phenoxy) is 3. The second-order valence-electron chi connectivity index (χ2n) is 7.74. The van der Waals surface area contributed by atoms with Crippen LogP contribution in [0.3, 0.4) is 0 Å². The lowest BCUT2D eigenvalue weighted by atomic mass is 10.1. The molecule has 0 fully saturated rings. The Morgan fingerprint density at radius 1 is 0.964 bits per heavy atom. The Hall–Kier alpha value is -2.44. The molecule has 2 aromatic rings. The predicted octanol–water partition coefficient (Wildman–Crippen LogP) is 4.54. The average molecular weight is 401 g/mol. The van der Waals surface area contributed by atoms with Gasteiger partial charge in [0.25, 0.3) is 6.47 Å². The standard InChI is InChI=1S/C22H28O5Si/c1-28(2,3)15-14-25-16-20(18-10-6-4-7-11-18)27-22(24)21(26-17-23)19-12-8-5-9-13-19/h4-13,17,20-21H,14-16H2,1-3H3. The summed E-state index contributed by atoms with van der Waals surface area (Å²) in [5.74, 6) is -0.624. The monoisotopic (exact) mass is 400 g/mol. The minimum Gasteiger partial charge on any atom is -0.452 e. The first-order valence-corrected chi connectivity index (χ1v) is 13.1. The Labute approximate surface area is 167 Å². The van der Waals surface area contributed by atoms with E-state index in [1.165, 1.54) is 0 Å². The highest BCUT2D eigenvalue weighted by molar-refractivity contribution is 6.76. The van der Waals surface area contributed by atoms with Gasteiger partial charge in [0.05, 0.1) is 6.61 Å². The number of carbonyl (C=O) groups is 2. The molecule has 6 heteroatoms. The maximum Gasteiger partial charge on any atom is 0.352 e. The van der Waals surface area contributed by atoms with Gasteiger partial charge in [0.1, 0.15) is 0 Å². The molecule has 0 aliphatic rings. The fraction of sp³-hybridized carbons (Fsp3) is 0.364. The summed E-state index contributed by atoms with van der Waals surface area (Å²) in [7, 11) is -1.20. The third-order valence-corrected chi connectivity index (χ3v) is 5.91. The molecule has 28 heavy (non-hydrogen) atoms. The normalized spacial score (nSPS) is 13.4. The molecule has 2 unspecified atom stereocenters. The molecule has 0 radical (unpaired) electrons. The summed E-state index contributed by atoms with van der Waals surface area (Å²) in [5, 5.41) is 0. The summed E-state index contributed by atoms with van der Waals surface area (Å²) in [6.45, 7) is 8.00. The fourth-order valence-corrected chi connectivity index (χ4v) is 3.35. The SMILES string of the molecule is C[Si](C)(C)CCOCC(OC(=O)C(OC=O)c1ccccc1)c1ccccc1. The van der Waals surface area contributed by atoms with E-state index in [2.05, 4.69) is 19.6 Å². The summed E-state index contributed by atoms with van der Waals surface area (Å²) >= 11 is 0. The van der Waals surface area contributed by atoms with Crippen molar-refractivity contribution < 1.29 is 23.8 Å². The van der Waals surface area contributed by atoms with Crippen molar-refractivity contribution in [2.75, 3.05) is 13.2 Å². The molecule has 2 atom stereocenters. The largest absolute Gasteiger partial charge is 0.452 e. The summed E-state index contributed by atoms with van der Waals surface area (Å²) < 4.78 is 16.5. The number of esters is 1. The highest BCUT2D eigenvalue weighted by Gasteiger charge is 2.27. The van der Waals surface area contributed by atoms with Gasteiger partial charge in [-0.2, -0.15) is 0 Å². The van der Waals surface area contributed by atoms with Gasteiger partial charge in [0.15, 0.2) is 6.10 Å². The van der Waals surface area contributed by atoms with Crippen LogP contribution in [-0.4, -0.2) is 33.7 Å². The van der Waals surface area contributed by atoms with Crippen LogP contribution in [0.4, 0.5) is 0 Å². The van der Waals surface area contributed by atoms with Gasteiger partial charge >= 0.3 is 5.97 Å². The van der Waals surface area contributed by atoms with Crippen molar-refractivity contribution in [3.63, 3.8) is 0 Å². The van der Waals surface area contributed by atoms with E-state index < -0.39 is 26.3 Å². The zero-order chi connectivity index (χ0) is 20.4. The molecule has 2 rings (SSSR count). The van der Waals surface area contributed by atoms with Crippen LogP contribution in [0.1, 0.15) is 23.3 Å². The number of hydrogen-bond donors (Lipinski definition) is 0. The third kappa shape index (κ3) is 7.29. The molecular formula is C22H28O5Si. The predicted molar refractivity (Wildman–Crippen MR) is 111 cm³/mol. The van der Waals surface area contributed by atoms with Crippen LogP contribution >= 0.6 is 0 Å². The van der Waals surface area contributed by atoms with Crippen molar-refractivity contribution in [3.8, 4) is 0 Å². The molecule has 0 heterocycles. The smallest absolute Gasteiger partial charge is 0.352 e. The molecule has 0 N–H and O–H groups in total. The number of benzene rings is 2. The molecule has 2 aromatic carbocycles. The van der Waals surface area contributed by atoms with Gasteiger partial charge in [-0.1, -0.05) is 80.3 Å². The molecule has 0 amide bonds. The van der Waals surface area contributed by atoms with Crippen molar-refractivity contribution in [2.24, 2.45) is 0 Å². The van der Waals surface area contributed by atoms with Gasteiger partial charge < -0.3 is 14.2 Å². The van der Waals surface area contributed by atoms with E-state index in [1.54, 1.807) is 24.3 Å². The molecule has 0 bridgehead atoms. The van der Waals surface area contributed by atoms with Crippen LogP contribution in [0.15, 0.2) is 60.7 Å². The highest BCUT2D eigenvalue weighted by atomic mass is 28.3. The van der Waals surface area contributed by atoms with E-state index in [9.17, 15) is 9.59 Å². The van der Waals surface area contributed by atoms with Crippen LogP contribution in [0.2, 0.25) is 25.7 Å². The molecule has 5 nitrogen and oxygen atoms in total. The van der Waals surface area contributed by atoms with Crippen molar-refractivity contribution in [3.05, 3.63) is 71.8 Å². The second-order valence-corrected chi connectivity index (χ2v) is 13.4. The van der Waals surface area contributed by atoms with Crippen LogP contribution in [0.5, 0.6) is 0 Å². The molecule has 0 aliphatic carbocycles. The maximum atomic E-state index is 12.8. The van der Waals surface area contributed by atoms with Gasteiger partial charge in [-0.05, 0) is 11.6 Å². The summed E-state index contributed by atoms with van der Waals surface area (Å²) in [4.78, 5) is 23.7. The topological polar surface area (TPSA) is 61.8 Å². The Kier molecular flexibility index (Phi) is 8.41. The first kappa shape index (κ1) is 21.9. The zero-order valence-electron chi connectivity index (χ0n) is 16.7. The van der Waals surface area contributed by atoms with Crippen molar-refractivity contribution in [1.29, 1.82) is 0 Å².